The van der Waals surface area contributed by atoms with Crippen molar-refractivity contribution in [3.8, 4) is 46.0 Å². The van der Waals surface area contributed by atoms with Gasteiger partial charge in [-0.3, -0.25) is 28.8 Å². The van der Waals surface area contributed by atoms with Gasteiger partial charge in [-0.05, 0) is 222 Å². The van der Waals surface area contributed by atoms with E-state index in [0.717, 1.165) is 55.2 Å². The van der Waals surface area contributed by atoms with Crippen molar-refractivity contribution in [3.05, 3.63) is 196 Å². The van der Waals surface area contributed by atoms with E-state index in [1.807, 2.05) is 65.8 Å². The lowest BCUT2D eigenvalue weighted by Gasteiger charge is -2.15. The van der Waals surface area contributed by atoms with E-state index in [9.17, 15) is 59.4 Å². The van der Waals surface area contributed by atoms with E-state index in [2.05, 4.69) is 60.6 Å². The van der Waals surface area contributed by atoms with Crippen LogP contribution in [-0.2, 0) is 57.5 Å². The third-order valence-electron chi connectivity index (χ3n) is 18.1. The van der Waals surface area contributed by atoms with E-state index in [4.69, 9.17) is 18.9 Å². The molecule has 6 rings (SSSR count). The summed E-state index contributed by atoms with van der Waals surface area (Å²) in [7, 11) is 5.78. The fraction of sp³-hybridized carbons (Fsp3) is 0.435. The summed E-state index contributed by atoms with van der Waals surface area (Å²) < 4.78 is 20.1. The Morgan fingerprint density at radius 1 is 0.327 bits per heavy atom. The van der Waals surface area contributed by atoms with Gasteiger partial charge in [-0.25, -0.2) is 0 Å². The number of benzene rings is 3. The van der Waals surface area contributed by atoms with Gasteiger partial charge >= 0.3 is 0 Å². The van der Waals surface area contributed by atoms with Gasteiger partial charge in [-0.1, -0.05) is 119 Å². The monoisotopic (exact) mass is 1390 g/mol. The van der Waals surface area contributed by atoms with Crippen LogP contribution in [0.15, 0.2) is 157 Å². The largest absolute Gasteiger partial charge is 0.508 e. The summed E-state index contributed by atoms with van der Waals surface area (Å²) in [4.78, 5) is 70.7. The molecule has 554 valence electrons. The van der Waals surface area contributed by atoms with Crippen molar-refractivity contribution in [1.82, 2.24) is 0 Å². The van der Waals surface area contributed by atoms with Gasteiger partial charge in [0.15, 0.2) is 57.6 Å². The number of phenols is 6. The Hall–Kier alpha value is -9.44. The first-order valence-corrected chi connectivity index (χ1v) is 34.1. The van der Waals surface area contributed by atoms with Gasteiger partial charge in [0.2, 0.25) is 11.6 Å². The predicted octanol–water partition coefficient (Wildman–Crippen LogP) is 19.5. The number of aromatic hydroxyl groups is 6. The van der Waals surface area contributed by atoms with Crippen LogP contribution in [0.2, 0.25) is 0 Å². The molecule has 0 spiro atoms. The first kappa shape index (κ1) is 91.6. The Balaban J connectivity index is 0.00000119. The average molecular weight is 1400 g/mol. The molecular formula is C85H118O16. The van der Waals surface area contributed by atoms with Crippen LogP contribution in [0.1, 0.15) is 215 Å². The van der Waals surface area contributed by atoms with Gasteiger partial charge in [-0.2, -0.15) is 0 Å². The second kappa shape index (κ2) is 45.3. The normalized spacial score (nSPS) is 14.5. The van der Waals surface area contributed by atoms with Gasteiger partial charge in [-0.15, -0.1) is 0 Å². The zero-order chi connectivity index (χ0) is 76.6. The van der Waals surface area contributed by atoms with Crippen molar-refractivity contribution < 1.29 is 78.4 Å². The molecule has 0 saturated heterocycles. The first-order valence-electron chi connectivity index (χ1n) is 34.1. The molecule has 101 heavy (non-hydrogen) atoms. The lowest BCUT2D eigenvalue weighted by Crippen LogP contribution is -2.19. The minimum Gasteiger partial charge on any atom is -0.508 e. The molecule has 6 N–H and O–H groups in total. The molecule has 0 saturated carbocycles. The van der Waals surface area contributed by atoms with E-state index in [1.54, 1.807) is 66.7 Å². The third kappa shape index (κ3) is 27.6. The van der Waals surface area contributed by atoms with Crippen LogP contribution in [0.3, 0.4) is 0 Å². The average Bonchev–Trinajstić information content (AvgIpc) is 0.865. The fourth-order valence-electron chi connectivity index (χ4n) is 9.58. The molecule has 0 aromatic heterocycles. The van der Waals surface area contributed by atoms with Crippen molar-refractivity contribution >= 4 is 34.7 Å². The molecule has 0 unspecified atom stereocenters. The number of ether oxygens (including phenoxy) is 4. The Morgan fingerprint density at radius 3 is 1.00 bits per heavy atom. The zero-order valence-electron chi connectivity index (χ0n) is 64.2. The van der Waals surface area contributed by atoms with Crippen LogP contribution in [0.25, 0.3) is 0 Å². The van der Waals surface area contributed by atoms with E-state index in [-0.39, 0.29) is 82.4 Å². The van der Waals surface area contributed by atoms with Crippen molar-refractivity contribution in [2.75, 3.05) is 28.4 Å². The molecule has 0 bridgehead atoms. The van der Waals surface area contributed by atoms with Crippen LogP contribution in [0.5, 0.6) is 46.0 Å². The van der Waals surface area contributed by atoms with Crippen molar-refractivity contribution in [2.45, 2.75) is 223 Å². The second-order valence-electron chi connectivity index (χ2n) is 25.1. The lowest BCUT2D eigenvalue weighted by molar-refractivity contribution is -0.118. The van der Waals surface area contributed by atoms with Gasteiger partial charge in [0.05, 0.1) is 28.4 Å². The third-order valence-corrected chi connectivity index (χ3v) is 18.1. The number of rotatable bonds is 22. The van der Waals surface area contributed by atoms with Crippen LogP contribution >= 0.6 is 0 Å². The minimum absolute atomic E-state index is 0. The van der Waals surface area contributed by atoms with E-state index >= 15 is 0 Å². The number of hydrogen-bond acceptors (Lipinski definition) is 16. The number of hydrogen-bond donors (Lipinski definition) is 6. The molecule has 3 aromatic carbocycles. The summed E-state index contributed by atoms with van der Waals surface area (Å²) in [5.74, 6) is 1.46. The molecule has 0 radical (unpaired) electrons. The van der Waals surface area contributed by atoms with Crippen LogP contribution < -0.4 is 9.47 Å². The molecule has 16 heteroatoms. The molecule has 0 amide bonds. The maximum atomic E-state index is 12.0. The predicted molar refractivity (Wildman–Crippen MR) is 409 cm³/mol. The summed E-state index contributed by atoms with van der Waals surface area (Å²) >= 11 is 0. The maximum Gasteiger partial charge on any atom is 0.224 e. The van der Waals surface area contributed by atoms with Gasteiger partial charge in [0.25, 0.3) is 0 Å². The van der Waals surface area contributed by atoms with Crippen molar-refractivity contribution in [2.24, 2.45) is 0 Å². The van der Waals surface area contributed by atoms with E-state index in [1.165, 1.54) is 80.1 Å². The van der Waals surface area contributed by atoms with E-state index in [0.29, 0.717) is 117 Å². The smallest absolute Gasteiger partial charge is 0.224 e. The number of methoxy groups -OCH3 is 4. The van der Waals surface area contributed by atoms with Crippen molar-refractivity contribution in [3.63, 3.8) is 0 Å². The highest BCUT2D eigenvalue weighted by atomic mass is 16.5. The number of Topliss-reactive ketones (excluding diaryl/α,β-unsaturated/α-hetero) is 3. The number of ketones is 6. The number of phenolic OH excluding ortho intramolecular Hbond substituents is 6. The first-order chi connectivity index (χ1) is 47.0. The molecule has 3 aromatic rings. The highest BCUT2D eigenvalue weighted by Crippen LogP contribution is 2.41. The lowest BCUT2D eigenvalue weighted by atomic mass is 9.89. The summed E-state index contributed by atoms with van der Waals surface area (Å²) in [6, 6.07) is 4.80. The zero-order valence-corrected chi connectivity index (χ0v) is 64.2. The Bertz CT molecular complexity index is 3870. The standard InChI is InChI=1S/C14H20O3.C14H18O3.C14H20O3.C14H18O3.C14H20O2.C14H18O2.CH4/c2*1-5-9(2)6-7-11-8-12(15)14(17-4)10(3)13(11)16;2*1-5-9(2)6-7-11-8-12(15)10(3)14(17-4)13(11)16;2*1-5-9(2)6-7-12-8-13(15)10(3)11(4)14(12)16;/h6,8,15-16H,5,7H2,1-4H3;6,8H,5,7H2,1-4H3;6,8,15-16H,5,7H2,1-4H3;6,8H,5,7H2,1-4H3;6,8,15-16H,5,7H2,1-4H3;6,8H,5,7H2,1-4H3;1H4/b6*9-6+;. The van der Waals surface area contributed by atoms with Crippen LogP contribution in [-0.4, -0.2) is 93.8 Å². The summed E-state index contributed by atoms with van der Waals surface area (Å²) in [6.07, 6.45) is 25.7. The van der Waals surface area contributed by atoms with Gasteiger partial charge in [0, 0.05) is 66.8 Å². The number of allylic oxidation sites excluding steroid dienone is 22. The fourth-order valence-corrected chi connectivity index (χ4v) is 9.58. The topological polar surface area (TPSA) is 261 Å². The molecule has 16 nitrogen and oxygen atoms in total. The molecule has 0 aliphatic heterocycles. The van der Waals surface area contributed by atoms with Gasteiger partial charge in [0.1, 0.15) is 23.0 Å². The molecule has 3 aliphatic carbocycles. The van der Waals surface area contributed by atoms with Crippen LogP contribution in [0, 0.1) is 27.7 Å². The van der Waals surface area contributed by atoms with Crippen LogP contribution in [0.4, 0.5) is 0 Å². The summed E-state index contributed by atoms with van der Waals surface area (Å²) in [5, 5.41) is 59.2. The second-order valence-corrected chi connectivity index (χ2v) is 25.1. The SMILES string of the molecule is C.CC/C(C)=C/CC1=CC(=O)C(C)=C(C)C1=O.CC/C(C)=C/CC1=CC(=O)C(C)=C(OC)C1=O.CC/C(C)=C/CC1=CC(=O)C(OC)=C(C)C1=O.CC/C(C)=C/Cc1cc(O)c(C)c(C)c1O.CC/C(C)=C/Cc1cc(O)c(C)c(OC)c1O.CC/C(C)=C/Cc1cc(O)c(OC)c(C)c1O. The number of carbonyl (C=O) groups is 6. The molecule has 0 fully saturated rings. The molecule has 0 atom stereocenters. The highest BCUT2D eigenvalue weighted by Gasteiger charge is 2.28. The summed E-state index contributed by atoms with van der Waals surface area (Å²) in [5.41, 5.74) is 15.9. The molecular weight excluding hydrogens is 1280 g/mol. The summed E-state index contributed by atoms with van der Waals surface area (Å²) in [6.45, 7) is 38.4. The Morgan fingerprint density at radius 2 is 0.634 bits per heavy atom. The maximum absolute atomic E-state index is 12.0. The van der Waals surface area contributed by atoms with Crippen molar-refractivity contribution in [1.29, 1.82) is 0 Å². The highest BCUT2D eigenvalue weighted by molar-refractivity contribution is 6.23. The van der Waals surface area contributed by atoms with Gasteiger partial charge < -0.3 is 49.6 Å². The number of carbonyl (C=O) groups excluding carboxylic acids is 6. The Kier molecular flexibility index (Phi) is 41.1. The molecule has 0 heterocycles. The quantitative estimate of drug-likeness (QED) is 0.0310. The Labute approximate surface area is 603 Å². The molecule has 3 aliphatic rings. The van der Waals surface area contributed by atoms with E-state index < -0.39 is 0 Å². The minimum atomic E-state index is -0.220.